The molecule has 0 bridgehead atoms. The number of hydrogen-bond acceptors (Lipinski definition) is 6. The third kappa shape index (κ3) is 4.24. The molecule has 1 fully saturated rings. The minimum Gasteiger partial charge on any atom is -0.451 e. The lowest BCUT2D eigenvalue weighted by Gasteiger charge is -2.45. The van der Waals surface area contributed by atoms with Crippen LogP contribution in [0, 0.1) is 24.4 Å². The fourth-order valence-corrected chi connectivity index (χ4v) is 4.32. The second-order valence-corrected chi connectivity index (χ2v) is 8.26. The summed E-state index contributed by atoms with van der Waals surface area (Å²) in [4.78, 5) is 9.76. The van der Waals surface area contributed by atoms with Gasteiger partial charge in [0.05, 0.1) is 11.3 Å². The van der Waals surface area contributed by atoms with Gasteiger partial charge in [0.1, 0.15) is 17.2 Å². The highest BCUT2D eigenvalue weighted by Crippen LogP contribution is 2.43. The quantitative estimate of drug-likeness (QED) is 0.575. The fourth-order valence-electron chi connectivity index (χ4n) is 4.32. The lowest BCUT2D eigenvalue weighted by Crippen LogP contribution is -2.58. The Morgan fingerprint density at radius 2 is 1.56 bits per heavy atom. The number of hydrogen-bond donors (Lipinski definition) is 2. The molecular weight excluding hydrogens is 464 g/mol. The van der Waals surface area contributed by atoms with Crippen molar-refractivity contribution < 1.29 is 31.1 Å². The summed E-state index contributed by atoms with van der Waals surface area (Å²) in [5.74, 6) is -5.24. The van der Waals surface area contributed by atoms with Crippen LogP contribution in [0.15, 0.2) is 34.3 Å². The number of aliphatic imine (C=N–C) groups is 2. The van der Waals surface area contributed by atoms with Crippen LogP contribution >= 0.6 is 0 Å². The standard InChI is InChI=1S/C22H21F6N5O/c1-11-7-13(23)16(33-20(30)31-19(29)32-21(33)5-3-2-4-6-21)10-17(11)34-18-14(24)8-12(9-15(18)25)22(26,27)28/h7-10H,2-6H2,1H3,(H4,29,30,31,32). The van der Waals surface area contributed by atoms with Gasteiger partial charge in [-0.2, -0.15) is 18.2 Å². The number of nitrogens with zero attached hydrogens (tertiary/aromatic N) is 3. The summed E-state index contributed by atoms with van der Waals surface area (Å²) in [5.41, 5.74) is 9.45. The van der Waals surface area contributed by atoms with E-state index in [1.807, 2.05) is 0 Å². The predicted octanol–water partition coefficient (Wildman–Crippen LogP) is 5.33. The second kappa shape index (κ2) is 8.41. The van der Waals surface area contributed by atoms with Crippen LogP contribution in [0.2, 0.25) is 0 Å². The number of aryl methyl sites for hydroxylation is 1. The Balaban J connectivity index is 1.78. The third-order valence-electron chi connectivity index (χ3n) is 5.87. The highest BCUT2D eigenvalue weighted by atomic mass is 19.4. The number of benzene rings is 2. The van der Waals surface area contributed by atoms with E-state index >= 15 is 4.39 Å². The van der Waals surface area contributed by atoms with Crippen molar-refractivity contribution in [2.45, 2.75) is 50.9 Å². The van der Waals surface area contributed by atoms with Gasteiger partial charge in [0.15, 0.2) is 17.4 Å². The summed E-state index contributed by atoms with van der Waals surface area (Å²) in [5, 5.41) is 0. The van der Waals surface area contributed by atoms with Crippen LogP contribution in [0.3, 0.4) is 0 Å². The Morgan fingerprint density at radius 3 is 2.15 bits per heavy atom. The molecule has 2 aliphatic rings. The Kier molecular flexibility index (Phi) is 5.86. The lowest BCUT2D eigenvalue weighted by molar-refractivity contribution is -0.138. The van der Waals surface area contributed by atoms with E-state index in [0.29, 0.717) is 12.8 Å². The maximum absolute atomic E-state index is 15.1. The minimum absolute atomic E-state index is 0.0476. The molecular formula is C22H21F6N5O. The number of rotatable bonds is 3. The highest BCUT2D eigenvalue weighted by molar-refractivity contribution is 6.05. The normalized spacial score (nSPS) is 18.0. The molecule has 0 amide bonds. The summed E-state index contributed by atoms with van der Waals surface area (Å²) >= 11 is 0. The summed E-state index contributed by atoms with van der Waals surface area (Å²) in [7, 11) is 0. The molecule has 0 atom stereocenters. The van der Waals surface area contributed by atoms with Crippen molar-refractivity contribution >= 4 is 17.6 Å². The van der Waals surface area contributed by atoms with Gasteiger partial charge < -0.3 is 16.2 Å². The van der Waals surface area contributed by atoms with E-state index in [1.54, 1.807) is 0 Å². The zero-order valence-corrected chi connectivity index (χ0v) is 18.0. The van der Waals surface area contributed by atoms with E-state index in [-0.39, 0.29) is 41.1 Å². The van der Waals surface area contributed by atoms with Crippen LogP contribution < -0.4 is 21.1 Å². The molecule has 0 aromatic heterocycles. The topological polar surface area (TPSA) is 89.2 Å². The first-order valence-corrected chi connectivity index (χ1v) is 10.5. The molecule has 0 radical (unpaired) electrons. The molecule has 1 spiro atoms. The zero-order valence-electron chi connectivity index (χ0n) is 18.0. The van der Waals surface area contributed by atoms with Gasteiger partial charge in [0.25, 0.3) is 0 Å². The van der Waals surface area contributed by atoms with Crippen molar-refractivity contribution in [2.24, 2.45) is 21.5 Å². The zero-order chi connectivity index (χ0) is 24.8. The lowest BCUT2D eigenvalue weighted by atomic mass is 9.87. The van der Waals surface area contributed by atoms with Gasteiger partial charge in [-0.15, -0.1) is 0 Å². The van der Waals surface area contributed by atoms with Crippen molar-refractivity contribution in [1.29, 1.82) is 0 Å². The van der Waals surface area contributed by atoms with Crippen molar-refractivity contribution in [3.8, 4) is 11.5 Å². The molecule has 0 saturated heterocycles. The summed E-state index contributed by atoms with van der Waals surface area (Å²) in [6.45, 7) is 1.42. The number of nitrogens with two attached hydrogens (primary N) is 2. The van der Waals surface area contributed by atoms with E-state index in [9.17, 15) is 22.0 Å². The molecule has 182 valence electrons. The molecule has 12 heteroatoms. The first kappa shape index (κ1) is 23.7. The van der Waals surface area contributed by atoms with E-state index in [2.05, 4.69) is 9.98 Å². The van der Waals surface area contributed by atoms with Crippen LogP contribution in [0.5, 0.6) is 11.5 Å². The summed E-state index contributed by atoms with van der Waals surface area (Å²) in [6.07, 6.45) is -1.43. The molecule has 34 heavy (non-hydrogen) atoms. The van der Waals surface area contributed by atoms with Gasteiger partial charge in [0.2, 0.25) is 11.9 Å². The van der Waals surface area contributed by atoms with Gasteiger partial charge >= 0.3 is 6.18 Å². The van der Waals surface area contributed by atoms with Gasteiger partial charge in [-0.05, 0) is 56.4 Å². The molecule has 1 heterocycles. The van der Waals surface area contributed by atoms with Crippen molar-refractivity contribution in [3.05, 3.63) is 52.8 Å². The molecule has 6 nitrogen and oxygen atoms in total. The van der Waals surface area contributed by atoms with E-state index < -0.39 is 40.6 Å². The average molecular weight is 485 g/mol. The minimum atomic E-state index is -4.94. The van der Waals surface area contributed by atoms with Crippen molar-refractivity contribution in [1.82, 2.24) is 0 Å². The van der Waals surface area contributed by atoms with Gasteiger partial charge in [0, 0.05) is 6.07 Å². The van der Waals surface area contributed by atoms with Crippen LogP contribution in [0.4, 0.5) is 32.0 Å². The van der Waals surface area contributed by atoms with Crippen molar-refractivity contribution in [3.63, 3.8) is 0 Å². The van der Waals surface area contributed by atoms with Gasteiger partial charge in [-0.25, -0.2) is 18.2 Å². The number of anilines is 1. The number of guanidine groups is 2. The Hall–Kier alpha value is -3.44. The van der Waals surface area contributed by atoms with Gasteiger partial charge in [-0.1, -0.05) is 6.42 Å². The molecule has 0 unspecified atom stereocenters. The van der Waals surface area contributed by atoms with Crippen LogP contribution in [-0.2, 0) is 6.18 Å². The maximum atomic E-state index is 15.1. The smallest absolute Gasteiger partial charge is 0.416 e. The predicted molar refractivity (Wildman–Crippen MR) is 114 cm³/mol. The monoisotopic (exact) mass is 485 g/mol. The largest absolute Gasteiger partial charge is 0.451 e. The Labute approximate surface area is 190 Å². The Bertz CT molecular complexity index is 1160. The number of halogens is 6. The van der Waals surface area contributed by atoms with E-state index in [0.717, 1.165) is 31.4 Å². The number of alkyl halides is 3. The molecule has 1 aliphatic heterocycles. The fraction of sp³-hybridized carbons (Fsp3) is 0.364. The third-order valence-corrected chi connectivity index (χ3v) is 5.87. The number of ether oxygens (including phenoxy) is 1. The highest BCUT2D eigenvalue weighted by Gasteiger charge is 2.44. The molecule has 1 aliphatic carbocycles. The van der Waals surface area contributed by atoms with Crippen LogP contribution in [0.25, 0.3) is 0 Å². The van der Waals surface area contributed by atoms with E-state index in [1.165, 1.54) is 11.8 Å². The molecule has 2 aromatic carbocycles. The first-order chi connectivity index (χ1) is 15.9. The van der Waals surface area contributed by atoms with Crippen molar-refractivity contribution in [2.75, 3.05) is 4.90 Å². The Morgan fingerprint density at radius 1 is 0.941 bits per heavy atom. The molecule has 4 N–H and O–H groups in total. The molecule has 1 saturated carbocycles. The van der Waals surface area contributed by atoms with E-state index in [4.69, 9.17) is 16.2 Å². The summed E-state index contributed by atoms with van der Waals surface area (Å²) in [6, 6.07) is 2.48. The molecule has 4 rings (SSSR count). The first-order valence-electron chi connectivity index (χ1n) is 10.5. The second-order valence-electron chi connectivity index (χ2n) is 8.26. The summed E-state index contributed by atoms with van der Waals surface area (Å²) < 4.78 is 87.7. The van der Waals surface area contributed by atoms with Crippen LogP contribution in [0.1, 0.15) is 43.2 Å². The van der Waals surface area contributed by atoms with Gasteiger partial charge in [-0.3, -0.25) is 4.90 Å². The SMILES string of the molecule is Cc1cc(F)c(N2C(N)=NC(N)=NC23CCCCC3)cc1Oc1c(F)cc(C(F)(F)F)cc1F. The average Bonchev–Trinajstić information content (AvgIpc) is 2.72. The van der Waals surface area contributed by atoms with Crippen LogP contribution in [-0.4, -0.2) is 17.6 Å². The molecule has 2 aromatic rings. The maximum Gasteiger partial charge on any atom is 0.416 e.